The molecule has 3 saturated heterocycles. The van der Waals surface area contributed by atoms with Crippen LogP contribution >= 0.6 is 0 Å². The Labute approximate surface area is 134 Å². The first kappa shape index (κ1) is 16.0. The Morgan fingerprint density at radius 1 is 1.17 bits per heavy atom. The summed E-state index contributed by atoms with van der Waals surface area (Å²) in [5.41, 5.74) is -1.02. The number of aliphatic hydroxyl groups is 1. The maximum absolute atomic E-state index is 12.7. The number of aliphatic hydroxyl groups excluding tert-OH is 1. The van der Waals surface area contributed by atoms with E-state index in [0.29, 0.717) is 32.5 Å². The van der Waals surface area contributed by atoms with Gasteiger partial charge >= 0.3 is 6.09 Å². The van der Waals surface area contributed by atoms with Crippen molar-refractivity contribution in [1.82, 2.24) is 14.7 Å². The zero-order valence-electron chi connectivity index (χ0n) is 13.3. The van der Waals surface area contributed by atoms with Gasteiger partial charge in [-0.05, 0) is 32.6 Å². The Kier molecular flexibility index (Phi) is 3.95. The van der Waals surface area contributed by atoms with Gasteiger partial charge in [0.1, 0.15) is 11.6 Å². The van der Waals surface area contributed by atoms with Gasteiger partial charge in [0, 0.05) is 19.6 Å². The molecule has 23 heavy (non-hydrogen) atoms. The second kappa shape index (κ2) is 5.67. The van der Waals surface area contributed by atoms with E-state index < -0.39 is 23.8 Å². The van der Waals surface area contributed by atoms with Crippen LogP contribution < -0.4 is 0 Å². The van der Waals surface area contributed by atoms with E-state index >= 15 is 0 Å². The molecule has 128 valence electrons. The Hall–Kier alpha value is -1.83. The zero-order valence-corrected chi connectivity index (χ0v) is 13.3. The summed E-state index contributed by atoms with van der Waals surface area (Å²) in [6.07, 6.45) is 0.912. The highest BCUT2D eigenvalue weighted by Crippen LogP contribution is 2.40. The van der Waals surface area contributed by atoms with Crippen LogP contribution in [0.1, 0.15) is 32.6 Å². The van der Waals surface area contributed by atoms with Crippen LogP contribution in [0.25, 0.3) is 0 Å². The number of amides is 3. The van der Waals surface area contributed by atoms with Crippen LogP contribution in [0, 0.1) is 0 Å². The molecule has 3 rings (SSSR count). The first-order valence-corrected chi connectivity index (χ1v) is 8.17. The number of carboxylic acid groups (broad SMARTS) is 1. The summed E-state index contributed by atoms with van der Waals surface area (Å²) in [6.45, 7) is 3.33. The van der Waals surface area contributed by atoms with Gasteiger partial charge in [-0.1, -0.05) is 0 Å². The van der Waals surface area contributed by atoms with Crippen LogP contribution in [-0.2, 0) is 9.59 Å². The second-order valence-corrected chi connectivity index (χ2v) is 6.72. The molecule has 3 atom stereocenters. The van der Waals surface area contributed by atoms with E-state index in [9.17, 15) is 24.6 Å². The van der Waals surface area contributed by atoms with Crippen LogP contribution in [0.15, 0.2) is 0 Å². The Bertz CT molecular complexity index is 531. The lowest BCUT2D eigenvalue weighted by Crippen LogP contribution is -2.77. The van der Waals surface area contributed by atoms with Gasteiger partial charge in [-0.25, -0.2) is 4.79 Å². The quantitative estimate of drug-likeness (QED) is 0.695. The number of rotatable bonds is 3. The molecular formula is C15H23N3O5. The van der Waals surface area contributed by atoms with Gasteiger partial charge in [-0.2, -0.15) is 0 Å². The van der Waals surface area contributed by atoms with E-state index in [1.165, 1.54) is 16.7 Å². The normalized spacial score (nSPS) is 29.8. The number of hydrogen-bond acceptors (Lipinski definition) is 4. The molecule has 3 amide bonds. The zero-order chi connectivity index (χ0) is 16.8. The fraction of sp³-hybridized carbons (Fsp3) is 0.800. The van der Waals surface area contributed by atoms with Gasteiger partial charge in [-0.3, -0.25) is 14.5 Å². The fourth-order valence-electron chi connectivity index (χ4n) is 4.09. The van der Waals surface area contributed by atoms with E-state index in [1.807, 2.05) is 0 Å². The van der Waals surface area contributed by atoms with E-state index in [-0.39, 0.29) is 18.4 Å². The van der Waals surface area contributed by atoms with Crippen LogP contribution in [0.3, 0.4) is 0 Å². The second-order valence-electron chi connectivity index (χ2n) is 6.72. The number of likely N-dealkylation sites (tertiary alicyclic amines) is 3. The molecular weight excluding hydrogens is 302 g/mol. The summed E-state index contributed by atoms with van der Waals surface area (Å²) >= 11 is 0. The Morgan fingerprint density at radius 3 is 2.35 bits per heavy atom. The summed E-state index contributed by atoms with van der Waals surface area (Å²) in [5, 5.41) is 19.3. The van der Waals surface area contributed by atoms with Crippen LogP contribution in [-0.4, -0.2) is 86.7 Å². The molecule has 0 radical (unpaired) electrons. The SMILES string of the molecule is C[C@@H](O)[C@@H](C(=O)N1CCCC1)N1CC2(CCCN2C(=O)O)C1=O. The van der Waals surface area contributed by atoms with Crippen LogP contribution in [0.4, 0.5) is 4.79 Å². The summed E-state index contributed by atoms with van der Waals surface area (Å²) in [7, 11) is 0. The molecule has 0 aromatic rings. The predicted molar refractivity (Wildman–Crippen MR) is 79.7 cm³/mol. The Balaban J connectivity index is 1.77. The predicted octanol–water partition coefficient (Wildman–Crippen LogP) is -0.287. The van der Waals surface area contributed by atoms with E-state index in [0.717, 1.165) is 12.8 Å². The van der Waals surface area contributed by atoms with Crippen LogP contribution in [0.5, 0.6) is 0 Å². The minimum Gasteiger partial charge on any atom is -0.465 e. The number of carbonyl (C=O) groups is 3. The standard InChI is InChI=1S/C15H23N3O5/c1-10(19)11(12(20)16-6-2-3-7-16)17-9-15(13(17)21)5-4-8-18(15)14(22)23/h10-11,19H,2-9H2,1H3,(H,22,23)/t10-,11+,15?/m1/s1. The van der Waals surface area contributed by atoms with Crippen LogP contribution in [0.2, 0.25) is 0 Å². The molecule has 1 unspecified atom stereocenters. The van der Waals surface area contributed by atoms with Crippen molar-refractivity contribution in [1.29, 1.82) is 0 Å². The van der Waals surface area contributed by atoms with Crippen molar-refractivity contribution in [2.24, 2.45) is 0 Å². The van der Waals surface area contributed by atoms with E-state index in [4.69, 9.17) is 0 Å². The number of nitrogens with zero attached hydrogens (tertiary/aromatic N) is 3. The third-order valence-corrected chi connectivity index (χ3v) is 5.27. The van der Waals surface area contributed by atoms with Crippen molar-refractivity contribution in [2.45, 2.75) is 50.3 Å². The fourth-order valence-corrected chi connectivity index (χ4v) is 4.09. The maximum Gasteiger partial charge on any atom is 0.408 e. The molecule has 0 aromatic carbocycles. The van der Waals surface area contributed by atoms with Crippen molar-refractivity contribution < 1.29 is 24.6 Å². The molecule has 0 aromatic heterocycles. The van der Waals surface area contributed by atoms with Gasteiger partial charge < -0.3 is 20.0 Å². The highest BCUT2D eigenvalue weighted by molar-refractivity contribution is 5.99. The molecule has 3 aliphatic heterocycles. The summed E-state index contributed by atoms with van der Waals surface area (Å²) in [6, 6.07) is -0.914. The monoisotopic (exact) mass is 325 g/mol. The molecule has 1 spiro atoms. The number of β-lactam (4-membered cyclic amide) rings is 1. The molecule has 3 fully saturated rings. The van der Waals surface area contributed by atoms with Gasteiger partial charge in [0.25, 0.3) is 5.91 Å². The highest BCUT2D eigenvalue weighted by Gasteiger charge is 2.62. The van der Waals surface area contributed by atoms with Gasteiger partial charge in [0.2, 0.25) is 5.91 Å². The molecule has 2 N–H and O–H groups in total. The lowest BCUT2D eigenvalue weighted by molar-refractivity contribution is -0.173. The first-order valence-electron chi connectivity index (χ1n) is 8.17. The molecule has 8 heteroatoms. The van der Waals surface area contributed by atoms with Gasteiger partial charge in [0.05, 0.1) is 12.6 Å². The van der Waals surface area contributed by atoms with Crippen molar-refractivity contribution in [3.05, 3.63) is 0 Å². The largest absolute Gasteiger partial charge is 0.465 e. The van der Waals surface area contributed by atoms with Gasteiger partial charge in [0.15, 0.2) is 0 Å². The first-order chi connectivity index (χ1) is 10.9. The Morgan fingerprint density at radius 2 is 1.83 bits per heavy atom. The number of carbonyl (C=O) groups excluding carboxylic acids is 2. The van der Waals surface area contributed by atoms with Crippen molar-refractivity contribution >= 4 is 17.9 Å². The highest BCUT2D eigenvalue weighted by atomic mass is 16.4. The topological polar surface area (TPSA) is 101 Å². The minimum absolute atomic E-state index is 0.188. The summed E-state index contributed by atoms with van der Waals surface area (Å²) in [5.74, 6) is -0.587. The third kappa shape index (κ3) is 2.36. The molecule has 0 aliphatic carbocycles. The van der Waals surface area contributed by atoms with E-state index in [2.05, 4.69) is 0 Å². The molecule has 0 bridgehead atoms. The lowest BCUT2D eigenvalue weighted by atomic mass is 9.83. The summed E-state index contributed by atoms with van der Waals surface area (Å²) < 4.78 is 0. The molecule has 0 saturated carbocycles. The molecule has 8 nitrogen and oxygen atoms in total. The maximum atomic E-state index is 12.7. The lowest BCUT2D eigenvalue weighted by Gasteiger charge is -2.53. The average Bonchev–Trinajstić information content (AvgIpc) is 3.16. The molecule has 3 aliphatic rings. The molecule has 3 heterocycles. The summed E-state index contributed by atoms with van der Waals surface area (Å²) in [4.78, 5) is 40.9. The average molecular weight is 325 g/mol. The van der Waals surface area contributed by atoms with Gasteiger partial charge in [-0.15, -0.1) is 0 Å². The van der Waals surface area contributed by atoms with E-state index in [1.54, 1.807) is 4.90 Å². The third-order valence-electron chi connectivity index (χ3n) is 5.27. The smallest absolute Gasteiger partial charge is 0.408 e. The number of hydrogen-bond donors (Lipinski definition) is 2. The van der Waals surface area contributed by atoms with Crippen molar-refractivity contribution in [3.63, 3.8) is 0 Å². The van der Waals surface area contributed by atoms with Crippen molar-refractivity contribution in [2.75, 3.05) is 26.2 Å². The minimum atomic E-state index is -1.10. The van der Waals surface area contributed by atoms with Crippen molar-refractivity contribution in [3.8, 4) is 0 Å².